The van der Waals surface area contributed by atoms with Crippen LogP contribution in [0, 0.1) is 10.1 Å². The van der Waals surface area contributed by atoms with Crippen molar-refractivity contribution in [1.82, 2.24) is 18.7 Å². The number of nitro groups is 1. The van der Waals surface area contributed by atoms with Crippen molar-refractivity contribution in [3.05, 3.63) is 28.6 Å². The van der Waals surface area contributed by atoms with E-state index in [0.29, 0.717) is 11.0 Å². The van der Waals surface area contributed by atoms with Crippen LogP contribution in [0.2, 0.25) is 0 Å². The van der Waals surface area contributed by atoms with Crippen LogP contribution in [-0.2, 0) is 0 Å². The van der Waals surface area contributed by atoms with E-state index in [1.165, 1.54) is 12.4 Å². The molecule has 0 spiro atoms. The number of fused-ring (bicyclic) bond motifs is 2. The van der Waals surface area contributed by atoms with Gasteiger partial charge in [-0.2, -0.15) is 8.75 Å². The molecular weight excluding hydrogens is 230 g/mol. The van der Waals surface area contributed by atoms with Gasteiger partial charge >= 0.3 is 5.69 Å². The van der Waals surface area contributed by atoms with Gasteiger partial charge in [-0.05, 0) is 6.07 Å². The normalized spacial score (nSPS) is 11.0. The van der Waals surface area contributed by atoms with Gasteiger partial charge in [-0.3, -0.25) is 15.1 Å². The lowest BCUT2D eigenvalue weighted by Crippen LogP contribution is -1.94. The molecule has 0 aliphatic carbocycles. The fraction of sp³-hybridized carbons (Fsp3) is 0. The standard InChI is InChI=1S/C8H3N5O2S/c14-13(15)8-6-4(9-1-2-10-6)3-5-7(8)12-16-11-5/h1-3H. The van der Waals surface area contributed by atoms with Gasteiger partial charge in [-0.1, -0.05) is 0 Å². The number of nitrogens with zero attached hydrogens (tertiary/aromatic N) is 5. The summed E-state index contributed by atoms with van der Waals surface area (Å²) in [5, 5.41) is 11.0. The molecule has 0 aliphatic rings. The van der Waals surface area contributed by atoms with Crippen LogP contribution >= 0.6 is 11.7 Å². The topological polar surface area (TPSA) is 94.7 Å². The lowest BCUT2D eigenvalue weighted by atomic mass is 10.2. The maximum absolute atomic E-state index is 11.0. The minimum absolute atomic E-state index is 0.130. The average Bonchev–Trinajstić information content (AvgIpc) is 2.72. The molecule has 0 N–H and O–H groups in total. The third-order valence-electron chi connectivity index (χ3n) is 2.15. The first-order valence-corrected chi connectivity index (χ1v) is 5.01. The first kappa shape index (κ1) is 9.04. The second kappa shape index (κ2) is 3.14. The number of non-ortho nitro benzene ring substituents is 1. The number of benzene rings is 1. The maximum atomic E-state index is 11.0. The molecule has 7 nitrogen and oxygen atoms in total. The van der Waals surface area contributed by atoms with E-state index in [1.807, 2.05) is 0 Å². The van der Waals surface area contributed by atoms with E-state index in [0.717, 1.165) is 11.7 Å². The monoisotopic (exact) mass is 233 g/mol. The molecule has 0 saturated heterocycles. The van der Waals surface area contributed by atoms with E-state index in [9.17, 15) is 10.1 Å². The Morgan fingerprint density at radius 1 is 1.12 bits per heavy atom. The minimum Gasteiger partial charge on any atom is -0.258 e. The summed E-state index contributed by atoms with van der Waals surface area (Å²) in [6, 6.07) is 1.65. The second-order valence-electron chi connectivity index (χ2n) is 3.04. The zero-order valence-electron chi connectivity index (χ0n) is 7.69. The summed E-state index contributed by atoms with van der Waals surface area (Å²) in [5.41, 5.74) is 1.31. The molecule has 3 aromatic rings. The van der Waals surface area contributed by atoms with Crippen LogP contribution in [-0.4, -0.2) is 23.6 Å². The molecule has 78 valence electrons. The fourth-order valence-corrected chi connectivity index (χ4v) is 2.04. The van der Waals surface area contributed by atoms with Crippen molar-refractivity contribution in [3.63, 3.8) is 0 Å². The van der Waals surface area contributed by atoms with Crippen LogP contribution in [0.1, 0.15) is 0 Å². The van der Waals surface area contributed by atoms with E-state index in [2.05, 4.69) is 18.7 Å². The van der Waals surface area contributed by atoms with Gasteiger partial charge in [0.1, 0.15) is 5.52 Å². The van der Waals surface area contributed by atoms with Crippen LogP contribution < -0.4 is 0 Å². The van der Waals surface area contributed by atoms with Crippen LogP contribution in [0.5, 0.6) is 0 Å². The van der Waals surface area contributed by atoms with Gasteiger partial charge in [0.15, 0.2) is 11.0 Å². The smallest absolute Gasteiger partial charge is 0.258 e. The lowest BCUT2D eigenvalue weighted by molar-refractivity contribution is -0.381. The summed E-state index contributed by atoms with van der Waals surface area (Å²) in [5.74, 6) is 0. The quantitative estimate of drug-likeness (QED) is 0.467. The van der Waals surface area contributed by atoms with Gasteiger partial charge in [-0.25, -0.2) is 4.98 Å². The summed E-state index contributed by atoms with van der Waals surface area (Å²) in [7, 11) is 0. The van der Waals surface area contributed by atoms with Gasteiger partial charge < -0.3 is 0 Å². The molecule has 0 saturated carbocycles. The molecule has 0 fully saturated rings. The van der Waals surface area contributed by atoms with Crippen LogP contribution in [0.4, 0.5) is 5.69 Å². The zero-order chi connectivity index (χ0) is 11.1. The largest absolute Gasteiger partial charge is 0.325 e. The highest BCUT2D eigenvalue weighted by atomic mass is 32.1. The Bertz CT molecular complexity index is 710. The summed E-state index contributed by atoms with van der Waals surface area (Å²) in [4.78, 5) is 18.5. The highest BCUT2D eigenvalue weighted by Gasteiger charge is 2.22. The molecule has 16 heavy (non-hydrogen) atoms. The van der Waals surface area contributed by atoms with Crippen LogP contribution in [0.15, 0.2) is 18.5 Å². The minimum atomic E-state index is -0.499. The third kappa shape index (κ3) is 1.13. The predicted octanol–water partition coefficient (Wildman–Crippen LogP) is 1.54. The molecule has 2 heterocycles. The predicted molar refractivity (Wildman–Crippen MR) is 57.2 cm³/mol. The number of nitro benzene ring substituents is 1. The van der Waals surface area contributed by atoms with Gasteiger partial charge in [0, 0.05) is 12.4 Å². The molecule has 3 rings (SSSR count). The molecule has 0 unspecified atom stereocenters. The Hall–Kier alpha value is -2.22. The molecule has 0 amide bonds. The zero-order valence-corrected chi connectivity index (χ0v) is 8.51. The molecule has 0 radical (unpaired) electrons. The molecule has 0 aliphatic heterocycles. The highest BCUT2D eigenvalue weighted by molar-refractivity contribution is 7.00. The molecule has 8 heteroatoms. The Morgan fingerprint density at radius 2 is 1.94 bits per heavy atom. The molecule has 0 atom stereocenters. The van der Waals surface area contributed by atoms with Crippen molar-refractivity contribution in [2.24, 2.45) is 0 Å². The highest BCUT2D eigenvalue weighted by Crippen LogP contribution is 2.30. The Labute approximate surface area is 92.2 Å². The van der Waals surface area contributed by atoms with E-state index in [4.69, 9.17) is 0 Å². The van der Waals surface area contributed by atoms with Crippen molar-refractivity contribution in [2.45, 2.75) is 0 Å². The number of hydrogen-bond donors (Lipinski definition) is 0. The first-order valence-electron chi connectivity index (χ1n) is 4.28. The number of rotatable bonds is 1. The maximum Gasteiger partial charge on any atom is 0.325 e. The molecule has 1 aromatic carbocycles. The van der Waals surface area contributed by atoms with Crippen molar-refractivity contribution >= 4 is 39.5 Å². The Balaban J connectivity index is 2.61. The number of hydrogen-bond acceptors (Lipinski definition) is 7. The van der Waals surface area contributed by atoms with Crippen molar-refractivity contribution in [2.75, 3.05) is 0 Å². The van der Waals surface area contributed by atoms with Gasteiger partial charge in [0.25, 0.3) is 0 Å². The molecule has 2 aromatic heterocycles. The van der Waals surface area contributed by atoms with E-state index < -0.39 is 4.92 Å². The Kier molecular flexibility index (Phi) is 1.77. The summed E-state index contributed by atoms with van der Waals surface area (Å²) in [6.07, 6.45) is 2.90. The van der Waals surface area contributed by atoms with Crippen molar-refractivity contribution in [1.29, 1.82) is 0 Å². The van der Waals surface area contributed by atoms with Crippen LogP contribution in [0.25, 0.3) is 22.1 Å². The molecule has 0 bridgehead atoms. The van der Waals surface area contributed by atoms with E-state index >= 15 is 0 Å². The van der Waals surface area contributed by atoms with E-state index in [1.54, 1.807) is 6.07 Å². The van der Waals surface area contributed by atoms with Crippen molar-refractivity contribution in [3.8, 4) is 0 Å². The first-order chi connectivity index (χ1) is 7.77. The summed E-state index contributed by atoms with van der Waals surface area (Å²) >= 11 is 0.935. The van der Waals surface area contributed by atoms with Gasteiger partial charge in [0.05, 0.1) is 22.2 Å². The SMILES string of the molecule is O=[N+]([O-])c1c2nccnc2cc2nsnc12. The number of aromatic nitrogens is 4. The summed E-state index contributed by atoms with van der Waals surface area (Å²) in [6.45, 7) is 0. The lowest BCUT2D eigenvalue weighted by Gasteiger charge is -1.97. The average molecular weight is 233 g/mol. The van der Waals surface area contributed by atoms with E-state index in [-0.39, 0.29) is 16.7 Å². The van der Waals surface area contributed by atoms with Crippen LogP contribution in [0.3, 0.4) is 0 Å². The molecular formula is C8H3N5O2S. The second-order valence-corrected chi connectivity index (χ2v) is 3.57. The van der Waals surface area contributed by atoms with Gasteiger partial charge in [0.2, 0.25) is 0 Å². The van der Waals surface area contributed by atoms with Gasteiger partial charge in [-0.15, -0.1) is 0 Å². The fourth-order valence-electron chi connectivity index (χ4n) is 1.51. The van der Waals surface area contributed by atoms with Crippen molar-refractivity contribution < 1.29 is 4.92 Å². The third-order valence-corrected chi connectivity index (χ3v) is 2.69. The Morgan fingerprint density at radius 3 is 2.75 bits per heavy atom. The summed E-state index contributed by atoms with van der Waals surface area (Å²) < 4.78 is 7.88.